The monoisotopic (exact) mass is 580 g/mol. The molecule has 2 N–H and O–H groups in total. The van der Waals surface area contributed by atoms with E-state index in [1.54, 1.807) is 0 Å². The minimum atomic E-state index is -0.679. The minimum Gasteiger partial charge on any atom is -0.379 e. The second-order valence-corrected chi connectivity index (χ2v) is 10.6. The molecule has 39 heavy (non-hydrogen) atoms. The third-order valence-electron chi connectivity index (χ3n) is 4.99. The van der Waals surface area contributed by atoms with Crippen LogP contribution >= 0.6 is 11.8 Å². The number of hydrogen-bond donors (Lipinski definition) is 2. The second kappa shape index (κ2) is 26.9. The Labute approximate surface area is 239 Å². The van der Waals surface area contributed by atoms with E-state index in [-0.39, 0.29) is 35.7 Å². The average Bonchev–Trinajstić information content (AvgIpc) is 2.90. The summed E-state index contributed by atoms with van der Waals surface area (Å²) in [6, 6.07) is 0. The molecule has 0 saturated heterocycles. The van der Waals surface area contributed by atoms with Crippen LogP contribution in [0.15, 0.2) is 0 Å². The molecule has 0 aromatic rings. The molecule has 0 aromatic heterocycles. The number of thioether (sulfide) groups is 1. The quantitative estimate of drug-likeness (QED) is 0.132. The number of hydrogen-bond acceptors (Lipinski definition) is 10. The van der Waals surface area contributed by atoms with Crippen LogP contribution in [0.3, 0.4) is 0 Å². The number of rotatable bonds is 28. The molecule has 2 amide bonds. The van der Waals surface area contributed by atoms with Crippen LogP contribution < -0.4 is 10.6 Å². The highest BCUT2D eigenvalue weighted by Crippen LogP contribution is 2.17. The summed E-state index contributed by atoms with van der Waals surface area (Å²) < 4.78 is 32.3. The van der Waals surface area contributed by atoms with E-state index in [9.17, 15) is 14.4 Å². The fourth-order valence-electron chi connectivity index (χ4n) is 2.78. The molecule has 0 aliphatic carbocycles. The van der Waals surface area contributed by atoms with Crippen molar-refractivity contribution in [3.8, 4) is 0 Å². The molecule has 0 aromatic carbocycles. The fraction of sp³-hybridized carbons (Fsp3) is 0.889. The van der Waals surface area contributed by atoms with E-state index in [1.807, 2.05) is 20.8 Å². The molecule has 0 saturated carbocycles. The highest BCUT2D eigenvalue weighted by Gasteiger charge is 2.24. The van der Waals surface area contributed by atoms with Crippen molar-refractivity contribution in [2.75, 3.05) is 98.1 Å². The van der Waals surface area contributed by atoms with Crippen molar-refractivity contribution in [2.45, 2.75) is 46.3 Å². The molecule has 1 unspecified atom stereocenters. The van der Waals surface area contributed by atoms with Crippen molar-refractivity contribution in [2.24, 2.45) is 11.8 Å². The van der Waals surface area contributed by atoms with Crippen LogP contribution in [-0.4, -0.2) is 121 Å². The van der Waals surface area contributed by atoms with Gasteiger partial charge in [0.1, 0.15) is 5.78 Å². The number of nitrogens with one attached hydrogen (secondary N) is 2. The van der Waals surface area contributed by atoms with Gasteiger partial charge in [0.2, 0.25) is 11.8 Å². The number of carbonyl (C=O) groups is 3. The molecule has 0 spiro atoms. The van der Waals surface area contributed by atoms with Crippen LogP contribution in [0.1, 0.15) is 41.0 Å². The molecule has 12 heteroatoms. The SMILES string of the molecule is CCOCCOCCOCCNC(=O)CC(SCC(=O)C(C)C)C(=O)NCCOCCOCCOCC(C)C. The molecule has 0 fully saturated rings. The average molecular weight is 581 g/mol. The topological polar surface area (TPSA) is 131 Å². The van der Waals surface area contributed by atoms with Crippen LogP contribution in [0.4, 0.5) is 0 Å². The van der Waals surface area contributed by atoms with Gasteiger partial charge in [-0.05, 0) is 12.8 Å². The molecule has 0 heterocycles. The lowest BCUT2D eigenvalue weighted by Crippen LogP contribution is -2.39. The van der Waals surface area contributed by atoms with Gasteiger partial charge in [-0.25, -0.2) is 0 Å². The zero-order chi connectivity index (χ0) is 29.1. The molecular formula is C27H52N2O9S. The van der Waals surface area contributed by atoms with Gasteiger partial charge in [0.15, 0.2) is 0 Å². The van der Waals surface area contributed by atoms with Gasteiger partial charge in [0.25, 0.3) is 0 Å². The summed E-state index contributed by atoms with van der Waals surface area (Å²) in [6.45, 7) is 16.3. The highest BCUT2D eigenvalue weighted by molar-refractivity contribution is 8.01. The van der Waals surface area contributed by atoms with Crippen LogP contribution in [0.25, 0.3) is 0 Å². The largest absolute Gasteiger partial charge is 0.379 e. The highest BCUT2D eigenvalue weighted by atomic mass is 32.2. The smallest absolute Gasteiger partial charge is 0.233 e. The van der Waals surface area contributed by atoms with Gasteiger partial charge in [0.05, 0.1) is 77.1 Å². The van der Waals surface area contributed by atoms with E-state index < -0.39 is 5.25 Å². The molecule has 230 valence electrons. The van der Waals surface area contributed by atoms with E-state index in [4.69, 9.17) is 28.4 Å². The molecule has 0 radical (unpaired) electrons. The first-order valence-corrected chi connectivity index (χ1v) is 15.0. The second-order valence-electron chi connectivity index (χ2n) is 9.38. The summed E-state index contributed by atoms with van der Waals surface area (Å²) in [5.41, 5.74) is 0. The predicted octanol–water partition coefficient (Wildman–Crippen LogP) is 1.71. The first kappa shape index (κ1) is 37.7. The van der Waals surface area contributed by atoms with Gasteiger partial charge in [-0.1, -0.05) is 27.7 Å². The van der Waals surface area contributed by atoms with Crippen LogP contribution in [0.5, 0.6) is 0 Å². The number of Topliss-reactive ketones (excluding diaryl/α,β-unsaturated/α-hetero) is 1. The van der Waals surface area contributed by atoms with Gasteiger partial charge in [-0.3, -0.25) is 14.4 Å². The lowest BCUT2D eigenvalue weighted by atomic mass is 10.1. The van der Waals surface area contributed by atoms with E-state index in [0.717, 1.165) is 0 Å². The Morgan fingerprint density at radius 2 is 1.15 bits per heavy atom. The zero-order valence-electron chi connectivity index (χ0n) is 24.6. The van der Waals surface area contributed by atoms with Crippen molar-refractivity contribution in [1.29, 1.82) is 0 Å². The van der Waals surface area contributed by atoms with E-state index >= 15 is 0 Å². The summed E-state index contributed by atoms with van der Waals surface area (Å²) >= 11 is 1.18. The third-order valence-corrected chi connectivity index (χ3v) is 6.23. The lowest BCUT2D eigenvalue weighted by Gasteiger charge is -2.17. The van der Waals surface area contributed by atoms with Gasteiger partial charge in [-0.15, -0.1) is 11.8 Å². The Balaban J connectivity index is 4.16. The van der Waals surface area contributed by atoms with Gasteiger partial charge >= 0.3 is 0 Å². The van der Waals surface area contributed by atoms with Gasteiger partial charge < -0.3 is 39.1 Å². The van der Waals surface area contributed by atoms with Crippen LogP contribution in [0, 0.1) is 11.8 Å². The van der Waals surface area contributed by atoms with Gasteiger partial charge in [-0.2, -0.15) is 0 Å². The van der Waals surface area contributed by atoms with Crippen LogP contribution in [0.2, 0.25) is 0 Å². The molecule has 0 aliphatic heterocycles. The van der Waals surface area contributed by atoms with Gasteiger partial charge in [0, 0.05) is 38.6 Å². The lowest BCUT2D eigenvalue weighted by molar-refractivity contribution is -0.126. The van der Waals surface area contributed by atoms with Crippen molar-refractivity contribution in [3.63, 3.8) is 0 Å². The van der Waals surface area contributed by atoms with Crippen molar-refractivity contribution >= 4 is 29.4 Å². The Morgan fingerprint density at radius 1 is 0.667 bits per heavy atom. The maximum atomic E-state index is 12.7. The fourth-order valence-corrected chi connectivity index (χ4v) is 3.99. The molecular weight excluding hydrogens is 528 g/mol. The molecule has 0 bridgehead atoms. The standard InChI is InChI=1S/C27H52N2O9S/c1-6-33-11-12-36-15-13-34-9-7-28-26(31)19-25(39-21-24(30)23(4)5)27(32)29-8-10-35-14-16-37-17-18-38-20-22(2)3/h22-23,25H,6-21H2,1-5H3,(H,28,31)(H,29,32). The zero-order valence-corrected chi connectivity index (χ0v) is 25.4. The summed E-state index contributed by atoms with van der Waals surface area (Å²) in [7, 11) is 0. The maximum absolute atomic E-state index is 12.7. The summed E-state index contributed by atoms with van der Waals surface area (Å²) in [4.78, 5) is 37.2. The van der Waals surface area contributed by atoms with E-state index in [1.165, 1.54) is 11.8 Å². The molecule has 11 nitrogen and oxygen atoms in total. The molecule has 1 atom stereocenters. The predicted molar refractivity (Wildman–Crippen MR) is 152 cm³/mol. The first-order chi connectivity index (χ1) is 18.8. The third kappa shape index (κ3) is 25.4. The molecule has 0 aliphatic rings. The minimum absolute atomic E-state index is 0.0318. The van der Waals surface area contributed by atoms with E-state index in [2.05, 4.69) is 24.5 Å². The van der Waals surface area contributed by atoms with Crippen molar-refractivity contribution in [3.05, 3.63) is 0 Å². The molecule has 0 rings (SSSR count). The Kier molecular flexibility index (Phi) is 26.0. The number of amides is 2. The first-order valence-electron chi connectivity index (χ1n) is 13.9. The maximum Gasteiger partial charge on any atom is 0.233 e. The summed E-state index contributed by atoms with van der Waals surface area (Å²) in [5.74, 6) is -0.0000218. The Hall–Kier alpha value is -1.28. The Morgan fingerprint density at radius 3 is 1.67 bits per heavy atom. The van der Waals surface area contributed by atoms with Crippen molar-refractivity contribution < 1.29 is 42.8 Å². The number of ketones is 1. The van der Waals surface area contributed by atoms with Crippen LogP contribution in [-0.2, 0) is 42.8 Å². The van der Waals surface area contributed by atoms with E-state index in [0.29, 0.717) is 98.3 Å². The normalized spacial score (nSPS) is 12.2. The summed E-state index contributed by atoms with van der Waals surface area (Å²) in [6.07, 6.45) is -0.0318. The number of carbonyl (C=O) groups excluding carboxylic acids is 3. The summed E-state index contributed by atoms with van der Waals surface area (Å²) in [5, 5.41) is 4.88. The number of ether oxygens (including phenoxy) is 6. The Bertz CT molecular complexity index is 624. The van der Waals surface area contributed by atoms with Crippen molar-refractivity contribution in [1.82, 2.24) is 10.6 Å².